The van der Waals surface area contributed by atoms with E-state index < -0.39 is 0 Å². The summed E-state index contributed by atoms with van der Waals surface area (Å²) >= 11 is 0. The molecule has 3 N–H and O–H groups in total. The van der Waals surface area contributed by atoms with Crippen molar-refractivity contribution in [2.45, 2.75) is 58.5 Å². The van der Waals surface area contributed by atoms with E-state index in [0.717, 1.165) is 12.1 Å². The first-order valence-electron chi connectivity index (χ1n) is 8.18. The third-order valence-corrected chi connectivity index (χ3v) is 4.81. The van der Waals surface area contributed by atoms with Gasteiger partial charge in [0.15, 0.2) is 0 Å². The van der Waals surface area contributed by atoms with Gasteiger partial charge in [-0.15, -0.1) is 0 Å². The van der Waals surface area contributed by atoms with Crippen molar-refractivity contribution in [2.75, 3.05) is 25.4 Å². The Balaban J connectivity index is 2.37. The Hall–Kier alpha value is -1.13. The molecule has 0 bridgehead atoms. The van der Waals surface area contributed by atoms with Gasteiger partial charge in [-0.2, -0.15) is 0 Å². The fraction of sp³-hybridized carbons (Fsp3) is 0.706. The molecular formula is C17H30N4. The van der Waals surface area contributed by atoms with E-state index in [4.69, 9.17) is 5.73 Å². The summed E-state index contributed by atoms with van der Waals surface area (Å²) in [7, 11) is 0. The number of hydrogen-bond acceptors (Lipinski definition) is 4. The molecule has 0 amide bonds. The van der Waals surface area contributed by atoms with Crippen LogP contribution in [0.25, 0.3) is 0 Å². The van der Waals surface area contributed by atoms with Crippen molar-refractivity contribution in [1.29, 1.82) is 0 Å². The SMILES string of the molecule is CCNC(c1c(C)ccnc1N)C(C)(C)N1CCCCC1. The largest absolute Gasteiger partial charge is 0.383 e. The predicted molar refractivity (Wildman–Crippen MR) is 89.3 cm³/mol. The number of nitrogens with one attached hydrogen (secondary N) is 1. The molecule has 1 atom stereocenters. The van der Waals surface area contributed by atoms with E-state index in [9.17, 15) is 0 Å². The number of piperidine rings is 1. The number of pyridine rings is 1. The summed E-state index contributed by atoms with van der Waals surface area (Å²) in [5, 5.41) is 3.66. The number of nitrogen functional groups attached to an aromatic ring is 1. The smallest absolute Gasteiger partial charge is 0.128 e. The topological polar surface area (TPSA) is 54.2 Å². The quantitative estimate of drug-likeness (QED) is 0.875. The van der Waals surface area contributed by atoms with Crippen LogP contribution in [0.3, 0.4) is 0 Å². The van der Waals surface area contributed by atoms with E-state index in [2.05, 4.69) is 49.0 Å². The fourth-order valence-electron chi connectivity index (χ4n) is 3.53. The summed E-state index contributed by atoms with van der Waals surface area (Å²) in [6, 6.07) is 2.26. The average Bonchev–Trinajstić information content (AvgIpc) is 2.47. The van der Waals surface area contributed by atoms with Gasteiger partial charge in [0, 0.05) is 17.3 Å². The molecule has 118 valence electrons. The molecule has 1 aliphatic heterocycles. The standard InChI is InChI=1S/C17H30N4/c1-5-19-15(14-13(2)9-10-20-16(14)18)17(3,4)21-11-7-6-8-12-21/h9-10,15,19H,5-8,11-12H2,1-4H3,(H2,18,20). The Labute approximate surface area is 129 Å². The monoisotopic (exact) mass is 290 g/mol. The molecule has 1 saturated heterocycles. The third kappa shape index (κ3) is 3.38. The van der Waals surface area contributed by atoms with Gasteiger partial charge in [0.05, 0.1) is 6.04 Å². The van der Waals surface area contributed by atoms with Gasteiger partial charge in [0.1, 0.15) is 5.82 Å². The van der Waals surface area contributed by atoms with E-state index in [1.165, 1.54) is 37.9 Å². The lowest BCUT2D eigenvalue weighted by molar-refractivity contribution is 0.0612. The molecule has 21 heavy (non-hydrogen) atoms. The fourth-order valence-corrected chi connectivity index (χ4v) is 3.53. The molecule has 4 heteroatoms. The zero-order valence-corrected chi connectivity index (χ0v) is 13.9. The maximum atomic E-state index is 6.21. The summed E-state index contributed by atoms with van der Waals surface area (Å²) in [5.74, 6) is 0.658. The Morgan fingerprint density at radius 2 is 2.00 bits per heavy atom. The lowest BCUT2D eigenvalue weighted by Gasteiger charge is -2.46. The van der Waals surface area contributed by atoms with Gasteiger partial charge in [0.25, 0.3) is 0 Å². The molecule has 0 aliphatic carbocycles. The first kappa shape index (κ1) is 16.2. The van der Waals surface area contributed by atoms with Crippen LogP contribution < -0.4 is 11.1 Å². The van der Waals surface area contributed by atoms with Crippen molar-refractivity contribution in [3.8, 4) is 0 Å². The number of rotatable bonds is 5. The summed E-state index contributed by atoms with van der Waals surface area (Å²) in [6.45, 7) is 12.2. The normalized spacial score (nSPS) is 18.7. The Morgan fingerprint density at radius 3 is 2.57 bits per heavy atom. The number of aromatic nitrogens is 1. The second-order valence-corrected chi connectivity index (χ2v) is 6.62. The van der Waals surface area contributed by atoms with Crippen molar-refractivity contribution in [1.82, 2.24) is 15.2 Å². The number of hydrogen-bond donors (Lipinski definition) is 2. The first-order chi connectivity index (χ1) is 9.98. The van der Waals surface area contributed by atoms with Crippen LogP contribution in [0.1, 0.15) is 57.2 Å². The van der Waals surface area contributed by atoms with E-state index in [0.29, 0.717) is 5.82 Å². The van der Waals surface area contributed by atoms with Crippen molar-refractivity contribution in [3.05, 3.63) is 23.4 Å². The van der Waals surface area contributed by atoms with Crippen LogP contribution in [0, 0.1) is 6.92 Å². The van der Waals surface area contributed by atoms with Gasteiger partial charge in [-0.25, -0.2) is 4.98 Å². The van der Waals surface area contributed by atoms with Crippen LogP contribution in [0.15, 0.2) is 12.3 Å². The van der Waals surface area contributed by atoms with Crippen LogP contribution in [0.5, 0.6) is 0 Å². The zero-order chi connectivity index (χ0) is 15.5. The Kier molecular flexibility index (Phi) is 5.22. The van der Waals surface area contributed by atoms with E-state index in [1.807, 2.05) is 0 Å². The highest BCUT2D eigenvalue weighted by Crippen LogP contribution is 2.36. The van der Waals surface area contributed by atoms with E-state index in [-0.39, 0.29) is 11.6 Å². The number of anilines is 1. The predicted octanol–water partition coefficient (Wildman–Crippen LogP) is 2.89. The van der Waals surface area contributed by atoms with Gasteiger partial charge in [0.2, 0.25) is 0 Å². The highest BCUT2D eigenvalue weighted by atomic mass is 15.2. The molecule has 0 aromatic carbocycles. The Morgan fingerprint density at radius 1 is 1.33 bits per heavy atom. The lowest BCUT2D eigenvalue weighted by atomic mass is 9.84. The maximum Gasteiger partial charge on any atom is 0.128 e. The molecule has 2 heterocycles. The van der Waals surface area contributed by atoms with Gasteiger partial charge in [-0.05, 0) is 64.9 Å². The van der Waals surface area contributed by atoms with Crippen molar-refractivity contribution < 1.29 is 0 Å². The van der Waals surface area contributed by atoms with Crippen molar-refractivity contribution in [3.63, 3.8) is 0 Å². The number of likely N-dealkylation sites (N-methyl/N-ethyl adjacent to an activating group) is 1. The minimum atomic E-state index is 0.0261. The molecule has 0 radical (unpaired) electrons. The molecule has 4 nitrogen and oxygen atoms in total. The molecule has 0 spiro atoms. The van der Waals surface area contributed by atoms with Crippen LogP contribution >= 0.6 is 0 Å². The molecule has 1 aliphatic rings. The van der Waals surface area contributed by atoms with E-state index in [1.54, 1.807) is 6.20 Å². The molecule has 1 aromatic heterocycles. The Bertz CT molecular complexity index is 444. The van der Waals surface area contributed by atoms with Gasteiger partial charge >= 0.3 is 0 Å². The van der Waals surface area contributed by atoms with Crippen molar-refractivity contribution >= 4 is 5.82 Å². The lowest BCUT2D eigenvalue weighted by Crippen LogP contribution is -2.54. The second-order valence-electron chi connectivity index (χ2n) is 6.62. The number of likely N-dealkylation sites (tertiary alicyclic amines) is 1. The number of aryl methyl sites for hydroxylation is 1. The zero-order valence-electron chi connectivity index (χ0n) is 13.9. The first-order valence-corrected chi connectivity index (χ1v) is 8.18. The van der Waals surface area contributed by atoms with Crippen molar-refractivity contribution in [2.24, 2.45) is 0 Å². The number of nitrogens with zero attached hydrogens (tertiary/aromatic N) is 2. The molecule has 1 fully saturated rings. The second kappa shape index (κ2) is 6.75. The summed E-state index contributed by atoms with van der Waals surface area (Å²) < 4.78 is 0. The summed E-state index contributed by atoms with van der Waals surface area (Å²) in [6.07, 6.45) is 5.74. The number of nitrogens with two attached hydrogens (primary N) is 1. The summed E-state index contributed by atoms with van der Waals surface area (Å²) in [5.41, 5.74) is 8.62. The van der Waals surface area contributed by atoms with Gasteiger partial charge in [-0.3, -0.25) is 4.90 Å². The highest BCUT2D eigenvalue weighted by Gasteiger charge is 2.38. The molecule has 0 saturated carbocycles. The maximum absolute atomic E-state index is 6.21. The highest BCUT2D eigenvalue weighted by molar-refractivity contribution is 5.47. The van der Waals surface area contributed by atoms with Crippen LogP contribution in [0.4, 0.5) is 5.82 Å². The molecule has 1 unspecified atom stereocenters. The summed E-state index contributed by atoms with van der Waals surface area (Å²) in [4.78, 5) is 6.93. The van der Waals surface area contributed by atoms with E-state index >= 15 is 0 Å². The minimum absolute atomic E-state index is 0.0261. The average molecular weight is 290 g/mol. The van der Waals surface area contributed by atoms with Crippen LogP contribution in [-0.2, 0) is 0 Å². The molecule has 1 aromatic rings. The van der Waals surface area contributed by atoms with Gasteiger partial charge in [-0.1, -0.05) is 13.3 Å². The van der Waals surface area contributed by atoms with Crippen LogP contribution in [-0.4, -0.2) is 35.1 Å². The van der Waals surface area contributed by atoms with Crippen LogP contribution in [0.2, 0.25) is 0 Å². The molecule has 2 rings (SSSR count). The van der Waals surface area contributed by atoms with Gasteiger partial charge < -0.3 is 11.1 Å². The minimum Gasteiger partial charge on any atom is -0.383 e. The molecular weight excluding hydrogens is 260 g/mol. The third-order valence-electron chi connectivity index (χ3n) is 4.81.